The number of rotatable bonds is 5. The van der Waals surface area contributed by atoms with Crippen LogP contribution in [0.2, 0.25) is 0 Å². The summed E-state index contributed by atoms with van der Waals surface area (Å²) in [5.74, 6) is -3.56. The minimum Gasteiger partial charge on any atom is -0.481 e. The lowest BCUT2D eigenvalue weighted by Crippen LogP contribution is -2.36. The van der Waals surface area contributed by atoms with Gasteiger partial charge in [0.15, 0.2) is 0 Å². The average Bonchev–Trinajstić information content (AvgIpc) is 3.17. The molecule has 0 radical (unpaired) electrons. The summed E-state index contributed by atoms with van der Waals surface area (Å²) in [5.41, 5.74) is -0.101. The Morgan fingerprint density at radius 1 is 1.27 bits per heavy atom. The van der Waals surface area contributed by atoms with E-state index in [-0.39, 0.29) is 12.3 Å². The third kappa shape index (κ3) is 2.11. The largest absolute Gasteiger partial charge is 0.481 e. The maximum atomic E-state index is 11.9. The van der Waals surface area contributed by atoms with Crippen molar-refractivity contribution in [3.8, 4) is 0 Å². The number of carbonyl (C=O) groups is 2. The molecule has 1 aromatic carbocycles. The van der Waals surface area contributed by atoms with Crippen molar-refractivity contribution in [1.29, 1.82) is 0 Å². The minimum atomic E-state index is -1.14. The second-order valence-electron chi connectivity index (χ2n) is 6.72. The number of carboxylic acid groups (broad SMARTS) is 2. The Kier molecular flexibility index (Phi) is 3.48. The van der Waals surface area contributed by atoms with E-state index in [1.807, 2.05) is 37.3 Å². The van der Waals surface area contributed by atoms with E-state index in [2.05, 4.69) is 0 Å². The van der Waals surface area contributed by atoms with Gasteiger partial charge < -0.3 is 15.3 Å². The van der Waals surface area contributed by atoms with Crippen LogP contribution in [-0.4, -0.2) is 33.4 Å². The zero-order valence-electron chi connectivity index (χ0n) is 12.3. The van der Waals surface area contributed by atoms with Gasteiger partial charge in [-0.15, -0.1) is 0 Å². The number of carboxylic acids is 2. The molecule has 0 aliphatic heterocycles. The Hall–Kier alpha value is -1.88. The predicted octanol–water partition coefficient (Wildman–Crippen LogP) is 1.96. The van der Waals surface area contributed by atoms with Crippen LogP contribution in [0, 0.1) is 23.2 Å². The Morgan fingerprint density at radius 2 is 1.91 bits per heavy atom. The van der Waals surface area contributed by atoms with Crippen LogP contribution in [0.15, 0.2) is 30.3 Å². The Morgan fingerprint density at radius 3 is 2.41 bits per heavy atom. The lowest BCUT2D eigenvalue weighted by Gasteiger charge is -2.31. The molecular formula is C17H20O5. The quantitative estimate of drug-likeness (QED) is 0.773. The number of benzene rings is 1. The van der Waals surface area contributed by atoms with Crippen LogP contribution in [0.5, 0.6) is 0 Å². The van der Waals surface area contributed by atoms with Crippen LogP contribution in [0.3, 0.4) is 0 Å². The van der Waals surface area contributed by atoms with E-state index in [9.17, 15) is 24.9 Å². The number of aliphatic hydroxyl groups is 1. The second-order valence-corrected chi connectivity index (χ2v) is 6.72. The van der Waals surface area contributed by atoms with E-state index in [0.29, 0.717) is 6.42 Å². The van der Waals surface area contributed by atoms with Gasteiger partial charge in [0.1, 0.15) is 0 Å². The minimum absolute atomic E-state index is 0.00158. The molecule has 2 aliphatic rings. The number of fused-ring (bicyclic) bond motifs is 1. The third-order valence-corrected chi connectivity index (χ3v) is 5.48. The van der Waals surface area contributed by atoms with Crippen LogP contribution < -0.4 is 0 Å². The van der Waals surface area contributed by atoms with Gasteiger partial charge in [-0.25, -0.2) is 0 Å². The van der Waals surface area contributed by atoms with Crippen molar-refractivity contribution in [3.63, 3.8) is 0 Å². The standard InChI is InChI=1S/C17H20O5/c1-9(10-5-3-2-4-6-10)7-17(16(21)22)8-11(18)12-13(14(12)17)15(19)20/h2-6,9,11-14,18H,7-8H2,1H3,(H,19,20)(H,21,22)/t9-,11-,12-,13-,14-,17+/m0/s1. The van der Waals surface area contributed by atoms with Gasteiger partial charge in [0.05, 0.1) is 17.4 Å². The van der Waals surface area contributed by atoms with E-state index in [0.717, 1.165) is 5.56 Å². The molecular weight excluding hydrogens is 284 g/mol. The van der Waals surface area contributed by atoms with Gasteiger partial charge in [-0.2, -0.15) is 0 Å². The summed E-state index contributed by atoms with van der Waals surface area (Å²) in [7, 11) is 0. The fraction of sp³-hybridized carbons (Fsp3) is 0.529. The van der Waals surface area contributed by atoms with Gasteiger partial charge in [-0.1, -0.05) is 37.3 Å². The van der Waals surface area contributed by atoms with Crippen LogP contribution in [0.25, 0.3) is 0 Å². The zero-order valence-corrected chi connectivity index (χ0v) is 12.3. The SMILES string of the molecule is C[C@@H](C[C@@]1(C(=O)O)C[C@H](O)[C@H]2[C@H](C(=O)O)[C@H]21)c1ccccc1. The molecule has 2 fully saturated rings. The predicted molar refractivity (Wildman–Crippen MR) is 78.3 cm³/mol. The molecule has 3 rings (SSSR count). The fourth-order valence-corrected chi connectivity index (χ4v) is 4.47. The van der Waals surface area contributed by atoms with Gasteiger partial charge in [0.2, 0.25) is 0 Å². The summed E-state index contributed by atoms with van der Waals surface area (Å²) in [6.45, 7) is 1.96. The van der Waals surface area contributed by atoms with Crippen molar-refractivity contribution in [2.45, 2.75) is 31.8 Å². The van der Waals surface area contributed by atoms with E-state index in [4.69, 9.17) is 0 Å². The summed E-state index contributed by atoms with van der Waals surface area (Å²) in [5, 5.41) is 29.1. The maximum Gasteiger partial charge on any atom is 0.310 e. The first-order valence-corrected chi connectivity index (χ1v) is 7.57. The highest BCUT2D eigenvalue weighted by molar-refractivity contribution is 5.82. The molecule has 22 heavy (non-hydrogen) atoms. The van der Waals surface area contributed by atoms with Gasteiger partial charge in [0, 0.05) is 5.92 Å². The van der Waals surface area contributed by atoms with E-state index < -0.39 is 41.2 Å². The average molecular weight is 304 g/mol. The van der Waals surface area contributed by atoms with Crippen molar-refractivity contribution < 1.29 is 24.9 Å². The molecule has 6 atom stereocenters. The fourth-order valence-electron chi connectivity index (χ4n) is 4.47. The molecule has 3 N–H and O–H groups in total. The molecule has 2 saturated carbocycles. The molecule has 2 aliphatic carbocycles. The molecule has 0 spiro atoms. The van der Waals surface area contributed by atoms with E-state index in [1.54, 1.807) is 0 Å². The highest BCUT2D eigenvalue weighted by atomic mass is 16.4. The first-order valence-electron chi connectivity index (χ1n) is 7.57. The third-order valence-electron chi connectivity index (χ3n) is 5.48. The first-order chi connectivity index (χ1) is 10.4. The first kappa shape index (κ1) is 15.0. The summed E-state index contributed by atoms with van der Waals surface area (Å²) < 4.78 is 0. The summed E-state index contributed by atoms with van der Waals surface area (Å²) in [6.07, 6.45) is -0.322. The zero-order chi connectivity index (χ0) is 16.1. The van der Waals surface area contributed by atoms with Crippen molar-refractivity contribution in [1.82, 2.24) is 0 Å². The van der Waals surface area contributed by atoms with Gasteiger partial charge in [-0.3, -0.25) is 9.59 Å². The van der Waals surface area contributed by atoms with Gasteiger partial charge in [-0.05, 0) is 30.2 Å². The maximum absolute atomic E-state index is 11.9. The molecule has 0 amide bonds. The van der Waals surface area contributed by atoms with Crippen molar-refractivity contribution in [2.75, 3.05) is 0 Å². The number of aliphatic hydroxyl groups excluding tert-OH is 1. The Bertz CT molecular complexity index is 598. The topological polar surface area (TPSA) is 94.8 Å². The molecule has 5 nitrogen and oxygen atoms in total. The number of aliphatic carboxylic acids is 2. The normalized spacial score (nSPS) is 37.4. The van der Waals surface area contributed by atoms with Crippen LogP contribution >= 0.6 is 0 Å². The molecule has 0 saturated heterocycles. The second kappa shape index (κ2) is 5.09. The summed E-state index contributed by atoms with van der Waals surface area (Å²) in [4.78, 5) is 23.2. The number of hydrogen-bond donors (Lipinski definition) is 3. The summed E-state index contributed by atoms with van der Waals surface area (Å²) >= 11 is 0. The van der Waals surface area contributed by atoms with Crippen molar-refractivity contribution in [3.05, 3.63) is 35.9 Å². The lowest BCUT2D eigenvalue weighted by atomic mass is 9.72. The highest BCUT2D eigenvalue weighted by Gasteiger charge is 2.74. The van der Waals surface area contributed by atoms with Crippen LogP contribution in [0.4, 0.5) is 0 Å². The molecule has 0 aromatic heterocycles. The van der Waals surface area contributed by atoms with Gasteiger partial charge in [0.25, 0.3) is 0 Å². The lowest BCUT2D eigenvalue weighted by molar-refractivity contribution is -0.153. The highest BCUT2D eigenvalue weighted by Crippen LogP contribution is 2.68. The van der Waals surface area contributed by atoms with Crippen molar-refractivity contribution in [2.24, 2.45) is 23.2 Å². The summed E-state index contributed by atoms with van der Waals surface area (Å²) in [6, 6.07) is 9.61. The van der Waals surface area contributed by atoms with Crippen LogP contribution in [0.1, 0.15) is 31.2 Å². The molecule has 0 heterocycles. The number of hydrogen-bond acceptors (Lipinski definition) is 3. The molecule has 118 valence electrons. The molecule has 1 aromatic rings. The molecule has 5 heteroatoms. The van der Waals surface area contributed by atoms with E-state index >= 15 is 0 Å². The Balaban J connectivity index is 1.88. The molecule has 0 unspecified atom stereocenters. The monoisotopic (exact) mass is 304 g/mol. The van der Waals surface area contributed by atoms with Gasteiger partial charge >= 0.3 is 11.9 Å². The van der Waals surface area contributed by atoms with Crippen LogP contribution in [-0.2, 0) is 9.59 Å². The Labute approximate surface area is 128 Å². The smallest absolute Gasteiger partial charge is 0.310 e. The van der Waals surface area contributed by atoms with E-state index in [1.165, 1.54) is 0 Å². The van der Waals surface area contributed by atoms with Crippen molar-refractivity contribution >= 4 is 11.9 Å². The molecule has 0 bridgehead atoms.